The molecule has 0 radical (unpaired) electrons. The van der Waals surface area contributed by atoms with Crippen LogP contribution in [-0.4, -0.2) is 28.0 Å². The number of carboxylic acid groups (broad SMARTS) is 1. The summed E-state index contributed by atoms with van der Waals surface area (Å²) >= 11 is 0. The molecule has 0 unspecified atom stereocenters. The number of ether oxygens (including phenoxy) is 2. The van der Waals surface area contributed by atoms with Crippen molar-refractivity contribution in [3.8, 4) is 17.0 Å². The van der Waals surface area contributed by atoms with Crippen LogP contribution in [0.1, 0.15) is 22.3 Å². The normalized spacial score (nSPS) is 11.4. The van der Waals surface area contributed by atoms with Crippen molar-refractivity contribution in [1.82, 2.24) is 9.78 Å². The van der Waals surface area contributed by atoms with E-state index in [0.717, 1.165) is 33.7 Å². The number of nitrogens with zero attached hydrogens (tertiary/aromatic N) is 2. The number of carboxylic acids is 1. The highest BCUT2D eigenvalue weighted by Crippen LogP contribution is 2.30. The predicted octanol–water partition coefficient (Wildman–Crippen LogP) is 4.35. The minimum absolute atomic E-state index is 0.0881. The molecule has 6 nitrogen and oxygen atoms in total. The molecule has 0 aliphatic rings. The van der Waals surface area contributed by atoms with Gasteiger partial charge in [0, 0.05) is 18.8 Å². The van der Waals surface area contributed by atoms with Gasteiger partial charge in [-0.15, -0.1) is 0 Å². The first-order valence-corrected chi connectivity index (χ1v) is 9.19. The van der Waals surface area contributed by atoms with E-state index in [2.05, 4.69) is 11.2 Å². The fraction of sp³-hybridized carbons (Fsp3) is 0.217. The van der Waals surface area contributed by atoms with E-state index in [9.17, 15) is 9.90 Å². The Bertz CT molecular complexity index is 1070. The number of methoxy groups -OCH3 is 1. The Morgan fingerprint density at radius 2 is 1.93 bits per heavy atom. The number of hydrogen-bond donors (Lipinski definition) is 1. The summed E-state index contributed by atoms with van der Waals surface area (Å²) in [6.45, 7) is 4.25. The minimum atomic E-state index is -1.05. The van der Waals surface area contributed by atoms with Crippen molar-refractivity contribution < 1.29 is 19.4 Å². The molecular weight excluding hydrogens is 368 g/mol. The lowest BCUT2D eigenvalue weighted by Crippen LogP contribution is -2.06. The molecule has 0 saturated heterocycles. The molecule has 6 heteroatoms. The summed E-state index contributed by atoms with van der Waals surface area (Å²) in [5.41, 5.74) is 5.45. The summed E-state index contributed by atoms with van der Waals surface area (Å²) < 4.78 is 12.8. The van der Waals surface area contributed by atoms with Crippen molar-refractivity contribution in [2.45, 2.75) is 20.5 Å². The second-order valence-corrected chi connectivity index (χ2v) is 6.83. The van der Waals surface area contributed by atoms with Crippen molar-refractivity contribution in [1.29, 1.82) is 0 Å². The van der Waals surface area contributed by atoms with Crippen molar-refractivity contribution in [2.24, 2.45) is 7.05 Å². The molecule has 1 N–H and O–H groups in total. The number of aryl methyl sites for hydroxylation is 3. The third-order valence-corrected chi connectivity index (χ3v) is 4.67. The van der Waals surface area contributed by atoms with Crippen LogP contribution >= 0.6 is 0 Å². The molecule has 150 valence electrons. The van der Waals surface area contributed by atoms with Gasteiger partial charge in [-0.05, 0) is 54.3 Å². The molecular formula is C23H24N2O4. The minimum Gasteiger partial charge on any atom is -0.503 e. The lowest BCUT2D eigenvalue weighted by molar-refractivity contribution is -0.130. The van der Waals surface area contributed by atoms with E-state index in [0.29, 0.717) is 5.56 Å². The van der Waals surface area contributed by atoms with E-state index < -0.39 is 5.97 Å². The number of carbonyl (C=O) groups is 1. The number of aromatic nitrogens is 2. The second kappa shape index (κ2) is 8.65. The van der Waals surface area contributed by atoms with Gasteiger partial charge in [0.05, 0.1) is 19.1 Å². The highest BCUT2D eigenvalue weighted by Gasteiger charge is 2.16. The third kappa shape index (κ3) is 4.48. The van der Waals surface area contributed by atoms with Crippen LogP contribution in [0.15, 0.2) is 54.9 Å². The zero-order valence-electron chi connectivity index (χ0n) is 17.0. The molecule has 0 saturated carbocycles. The van der Waals surface area contributed by atoms with E-state index in [4.69, 9.17) is 9.47 Å². The molecule has 1 heterocycles. The molecule has 3 aromatic rings. The highest BCUT2D eigenvalue weighted by molar-refractivity contribution is 6.15. The standard InChI is InChI=1S/C23H24N2O4/c1-15-12-22(16(2)11-19(15)21-9-10-25(3)24-21)29-13-17-7-5-6-8-18(17)20(14-28-4)23(26)27/h5-12,14H,13H2,1-4H3,(H,26,27). The Hall–Kier alpha value is -3.54. The van der Waals surface area contributed by atoms with Crippen molar-refractivity contribution in [3.05, 3.63) is 77.2 Å². The van der Waals surface area contributed by atoms with Crippen molar-refractivity contribution in [3.63, 3.8) is 0 Å². The number of aliphatic carboxylic acids is 1. The van der Waals surface area contributed by atoms with Gasteiger partial charge in [-0.3, -0.25) is 4.68 Å². The molecule has 0 spiro atoms. The van der Waals surface area contributed by atoms with Crippen LogP contribution in [0.4, 0.5) is 0 Å². The van der Waals surface area contributed by atoms with Gasteiger partial charge in [0.15, 0.2) is 0 Å². The fourth-order valence-electron chi connectivity index (χ4n) is 3.19. The van der Waals surface area contributed by atoms with Gasteiger partial charge in [0.25, 0.3) is 0 Å². The number of rotatable bonds is 7. The Kier molecular flexibility index (Phi) is 6.02. The molecule has 2 aromatic carbocycles. The van der Waals surface area contributed by atoms with Gasteiger partial charge < -0.3 is 14.6 Å². The van der Waals surface area contributed by atoms with Crippen LogP contribution in [0.2, 0.25) is 0 Å². The smallest absolute Gasteiger partial charge is 0.339 e. The zero-order valence-corrected chi connectivity index (χ0v) is 17.0. The van der Waals surface area contributed by atoms with E-state index in [-0.39, 0.29) is 12.2 Å². The van der Waals surface area contributed by atoms with Crippen molar-refractivity contribution >= 4 is 11.5 Å². The van der Waals surface area contributed by atoms with Crippen LogP contribution in [-0.2, 0) is 23.2 Å². The molecule has 0 bridgehead atoms. The molecule has 3 rings (SSSR count). The van der Waals surface area contributed by atoms with Gasteiger partial charge in [0.1, 0.15) is 17.9 Å². The maximum atomic E-state index is 11.6. The predicted molar refractivity (Wildman–Crippen MR) is 112 cm³/mol. The first-order chi connectivity index (χ1) is 13.9. The van der Waals surface area contributed by atoms with Crippen LogP contribution in [0.25, 0.3) is 16.8 Å². The van der Waals surface area contributed by atoms with Crippen LogP contribution in [0, 0.1) is 13.8 Å². The maximum Gasteiger partial charge on any atom is 0.339 e. The Morgan fingerprint density at radius 1 is 1.17 bits per heavy atom. The summed E-state index contributed by atoms with van der Waals surface area (Å²) in [6.07, 6.45) is 3.15. The molecule has 0 aliphatic heterocycles. The summed E-state index contributed by atoms with van der Waals surface area (Å²) in [6, 6.07) is 13.3. The first kappa shape index (κ1) is 20.2. The summed E-state index contributed by atoms with van der Waals surface area (Å²) in [5, 5.41) is 14.0. The Labute approximate surface area is 170 Å². The van der Waals surface area contributed by atoms with Crippen LogP contribution in [0.3, 0.4) is 0 Å². The quantitative estimate of drug-likeness (QED) is 0.478. The lowest BCUT2D eigenvalue weighted by atomic mass is 10.0. The van der Waals surface area contributed by atoms with Crippen LogP contribution < -0.4 is 4.74 Å². The summed E-state index contributed by atoms with van der Waals surface area (Å²) in [4.78, 5) is 11.6. The third-order valence-electron chi connectivity index (χ3n) is 4.67. The summed E-state index contributed by atoms with van der Waals surface area (Å²) in [7, 11) is 3.32. The van der Waals surface area contributed by atoms with E-state index in [1.165, 1.54) is 13.4 Å². The van der Waals surface area contributed by atoms with E-state index in [1.807, 2.05) is 51.4 Å². The number of hydrogen-bond acceptors (Lipinski definition) is 4. The van der Waals surface area contributed by atoms with Crippen LogP contribution in [0.5, 0.6) is 5.75 Å². The molecule has 0 atom stereocenters. The monoisotopic (exact) mass is 392 g/mol. The highest BCUT2D eigenvalue weighted by atomic mass is 16.5. The van der Waals surface area contributed by atoms with E-state index >= 15 is 0 Å². The maximum absolute atomic E-state index is 11.6. The number of benzene rings is 2. The second-order valence-electron chi connectivity index (χ2n) is 6.83. The average molecular weight is 392 g/mol. The largest absolute Gasteiger partial charge is 0.503 e. The topological polar surface area (TPSA) is 73.6 Å². The molecule has 0 fully saturated rings. The van der Waals surface area contributed by atoms with Crippen molar-refractivity contribution in [2.75, 3.05) is 7.11 Å². The fourth-order valence-corrected chi connectivity index (χ4v) is 3.19. The lowest BCUT2D eigenvalue weighted by Gasteiger charge is -2.15. The van der Waals surface area contributed by atoms with Gasteiger partial charge in [-0.2, -0.15) is 5.10 Å². The van der Waals surface area contributed by atoms with E-state index in [1.54, 1.807) is 16.8 Å². The van der Waals surface area contributed by atoms with Gasteiger partial charge in [-0.1, -0.05) is 24.3 Å². The zero-order chi connectivity index (χ0) is 21.0. The SMILES string of the molecule is COC=C(C(=O)O)c1ccccc1COc1cc(C)c(-c2ccn(C)n2)cc1C. The summed E-state index contributed by atoms with van der Waals surface area (Å²) in [5.74, 6) is -0.296. The average Bonchev–Trinajstić information content (AvgIpc) is 3.12. The molecule has 1 aromatic heterocycles. The van der Waals surface area contributed by atoms with Gasteiger partial charge in [0.2, 0.25) is 0 Å². The Morgan fingerprint density at radius 3 is 2.59 bits per heavy atom. The van der Waals surface area contributed by atoms with Gasteiger partial charge in [-0.25, -0.2) is 4.79 Å². The van der Waals surface area contributed by atoms with Gasteiger partial charge >= 0.3 is 5.97 Å². The molecule has 0 amide bonds. The molecule has 0 aliphatic carbocycles. The molecule has 29 heavy (non-hydrogen) atoms. The first-order valence-electron chi connectivity index (χ1n) is 9.19. The Balaban J connectivity index is 1.87.